The third-order valence-electron chi connectivity index (χ3n) is 3.55. The van der Waals surface area contributed by atoms with Crippen LogP contribution in [0.3, 0.4) is 0 Å². The monoisotopic (exact) mass is 287 g/mol. The lowest BCUT2D eigenvalue weighted by Gasteiger charge is -2.07. The number of ether oxygens (including phenoxy) is 1. The molecule has 0 saturated carbocycles. The number of nitrogens with one attached hydrogen (secondary N) is 1. The van der Waals surface area contributed by atoms with Gasteiger partial charge in [-0.3, -0.25) is 4.68 Å². The number of rotatable bonds is 7. The van der Waals surface area contributed by atoms with E-state index in [9.17, 15) is 0 Å². The summed E-state index contributed by atoms with van der Waals surface area (Å²) in [5.41, 5.74) is 3.80. The van der Waals surface area contributed by atoms with Crippen molar-refractivity contribution in [3.8, 4) is 5.75 Å². The Morgan fingerprint density at radius 1 is 1.24 bits per heavy atom. The SMILES string of the molecule is COc1ccc(CCNCc2cn(C)nc2C(C)C)cc1. The first-order valence-corrected chi connectivity index (χ1v) is 7.46. The van der Waals surface area contributed by atoms with Gasteiger partial charge in [0, 0.05) is 25.4 Å². The van der Waals surface area contributed by atoms with Crippen LogP contribution in [0.4, 0.5) is 0 Å². The minimum Gasteiger partial charge on any atom is -0.497 e. The normalized spacial score (nSPS) is 11.1. The van der Waals surface area contributed by atoms with E-state index in [0.717, 1.165) is 25.3 Å². The Balaban J connectivity index is 1.81. The second kappa shape index (κ2) is 7.27. The summed E-state index contributed by atoms with van der Waals surface area (Å²) < 4.78 is 7.06. The zero-order valence-corrected chi connectivity index (χ0v) is 13.4. The van der Waals surface area contributed by atoms with E-state index in [1.807, 2.05) is 23.9 Å². The Hall–Kier alpha value is -1.81. The molecule has 0 bridgehead atoms. The van der Waals surface area contributed by atoms with Gasteiger partial charge in [-0.25, -0.2) is 0 Å². The Morgan fingerprint density at radius 3 is 2.57 bits per heavy atom. The minimum atomic E-state index is 0.463. The number of hydrogen-bond acceptors (Lipinski definition) is 3. The van der Waals surface area contributed by atoms with Crippen LogP contribution in [0.2, 0.25) is 0 Å². The molecular formula is C17H25N3O. The van der Waals surface area contributed by atoms with Gasteiger partial charge in [-0.1, -0.05) is 26.0 Å². The smallest absolute Gasteiger partial charge is 0.118 e. The molecule has 1 N–H and O–H groups in total. The number of aryl methyl sites for hydroxylation is 1. The molecule has 0 radical (unpaired) electrons. The summed E-state index contributed by atoms with van der Waals surface area (Å²) in [7, 11) is 3.67. The molecule has 1 aromatic carbocycles. The van der Waals surface area contributed by atoms with Gasteiger partial charge >= 0.3 is 0 Å². The van der Waals surface area contributed by atoms with Gasteiger partial charge in [-0.2, -0.15) is 5.10 Å². The van der Waals surface area contributed by atoms with Crippen molar-refractivity contribution in [1.82, 2.24) is 15.1 Å². The third-order valence-corrected chi connectivity index (χ3v) is 3.55. The van der Waals surface area contributed by atoms with Gasteiger partial charge in [0.1, 0.15) is 5.75 Å². The highest BCUT2D eigenvalue weighted by molar-refractivity contribution is 5.27. The summed E-state index contributed by atoms with van der Waals surface area (Å²) in [5.74, 6) is 1.37. The fraction of sp³-hybridized carbons (Fsp3) is 0.471. The molecule has 1 aromatic heterocycles. The molecule has 0 unspecified atom stereocenters. The van der Waals surface area contributed by atoms with E-state index in [1.165, 1.54) is 16.8 Å². The maximum Gasteiger partial charge on any atom is 0.118 e. The van der Waals surface area contributed by atoms with Crippen molar-refractivity contribution in [2.45, 2.75) is 32.7 Å². The van der Waals surface area contributed by atoms with Gasteiger partial charge in [-0.05, 0) is 36.6 Å². The van der Waals surface area contributed by atoms with Gasteiger partial charge in [0.25, 0.3) is 0 Å². The Kier molecular flexibility index (Phi) is 5.39. The van der Waals surface area contributed by atoms with E-state index in [4.69, 9.17) is 4.74 Å². The molecule has 0 aliphatic rings. The molecule has 0 saturated heterocycles. The largest absolute Gasteiger partial charge is 0.497 e. The van der Waals surface area contributed by atoms with Crippen LogP contribution in [0.1, 0.15) is 36.6 Å². The zero-order valence-electron chi connectivity index (χ0n) is 13.4. The fourth-order valence-corrected chi connectivity index (χ4v) is 2.43. The Labute approximate surface area is 127 Å². The zero-order chi connectivity index (χ0) is 15.2. The molecule has 114 valence electrons. The maximum absolute atomic E-state index is 5.17. The van der Waals surface area contributed by atoms with E-state index in [0.29, 0.717) is 5.92 Å². The molecule has 21 heavy (non-hydrogen) atoms. The Morgan fingerprint density at radius 2 is 1.95 bits per heavy atom. The maximum atomic E-state index is 5.17. The van der Waals surface area contributed by atoms with Gasteiger partial charge in [0.2, 0.25) is 0 Å². The molecule has 0 aliphatic carbocycles. The molecule has 0 fully saturated rings. The van der Waals surface area contributed by atoms with Crippen molar-refractivity contribution < 1.29 is 4.74 Å². The van der Waals surface area contributed by atoms with E-state index in [1.54, 1.807) is 7.11 Å². The molecule has 0 aliphatic heterocycles. The first-order valence-electron chi connectivity index (χ1n) is 7.46. The predicted molar refractivity (Wildman–Crippen MR) is 85.7 cm³/mol. The molecule has 0 amide bonds. The third kappa shape index (κ3) is 4.33. The molecule has 0 atom stereocenters. The summed E-state index contributed by atoms with van der Waals surface area (Å²) in [6, 6.07) is 8.24. The molecule has 1 heterocycles. The van der Waals surface area contributed by atoms with Crippen molar-refractivity contribution in [2.24, 2.45) is 7.05 Å². The van der Waals surface area contributed by atoms with Crippen molar-refractivity contribution in [1.29, 1.82) is 0 Å². The Bertz CT molecular complexity index is 558. The van der Waals surface area contributed by atoms with Crippen molar-refractivity contribution in [3.05, 3.63) is 47.3 Å². The highest BCUT2D eigenvalue weighted by Crippen LogP contribution is 2.17. The minimum absolute atomic E-state index is 0.463. The number of methoxy groups -OCH3 is 1. The van der Waals surface area contributed by atoms with Crippen LogP contribution < -0.4 is 10.1 Å². The summed E-state index contributed by atoms with van der Waals surface area (Å²) in [4.78, 5) is 0. The van der Waals surface area contributed by atoms with Gasteiger partial charge in [-0.15, -0.1) is 0 Å². The van der Waals surface area contributed by atoms with E-state index >= 15 is 0 Å². The highest BCUT2D eigenvalue weighted by Gasteiger charge is 2.10. The lowest BCUT2D eigenvalue weighted by atomic mass is 10.1. The molecular weight excluding hydrogens is 262 g/mol. The quantitative estimate of drug-likeness (QED) is 0.796. The van der Waals surface area contributed by atoms with E-state index < -0.39 is 0 Å². The lowest BCUT2D eigenvalue weighted by Crippen LogP contribution is -2.17. The molecule has 0 spiro atoms. The van der Waals surface area contributed by atoms with Crippen LogP contribution in [-0.4, -0.2) is 23.4 Å². The average Bonchev–Trinajstić information content (AvgIpc) is 2.85. The van der Waals surface area contributed by atoms with Crippen LogP contribution in [-0.2, 0) is 20.0 Å². The summed E-state index contributed by atoms with van der Waals surface area (Å²) >= 11 is 0. The van der Waals surface area contributed by atoms with Crippen molar-refractivity contribution in [2.75, 3.05) is 13.7 Å². The van der Waals surface area contributed by atoms with Crippen LogP contribution in [0.5, 0.6) is 5.75 Å². The highest BCUT2D eigenvalue weighted by atomic mass is 16.5. The standard InChI is InChI=1S/C17H25N3O/c1-13(2)17-15(12-20(3)19-17)11-18-10-9-14-5-7-16(21-4)8-6-14/h5-8,12-13,18H,9-11H2,1-4H3. The van der Waals surface area contributed by atoms with Crippen LogP contribution in [0, 0.1) is 0 Å². The fourth-order valence-electron chi connectivity index (χ4n) is 2.43. The summed E-state index contributed by atoms with van der Waals surface area (Å²) in [6.07, 6.45) is 3.12. The van der Waals surface area contributed by atoms with Gasteiger partial charge in [0.15, 0.2) is 0 Å². The molecule has 4 heteroatoms. The first-order chi connectivity index (χ1) is 10.1. The number of benzene rings is 1. The number of aromatic nitrogens is 2. The van der Waals surface area contributed by atoms with Gasteiger partial charge < -0.3 is 10.1 Å². The molecule has 4 nitrogen and oxygen atoms in total. The predicted octanol–water partition coefficient (Wildman–Crippen LogP) is 2.88. The van der Waals surface area contributed by atoms with Crippen LogP contribution >= 0.6 is 0 Å². The van der Waals surface area contributed by atoms with Crippen molar-refractivity contribution >= 4 is 0 Å². The first kappa shape index (κ1) is 15.6. The van der Waals surface area contributed by atoms with E-state index in [-0.39, 0.29) is 0 Å². The van der Waals surface area contributed by atoms with Gasteiger partial charge in [0.05, 0.1) is 12.8 Å². The summed E-state index contributed by atoms with van der Waals surface area (Å²) in [6.45, 7) is 6.20. The lowest BCUT2D eigenvalue weighted by molar-refractivity contribution is 0.414. The molecule has 2 rings (SSSR count). The van der Waals surface area contributed by atoms with Crippen LogP contribution in [0.25, 0.3) is 0 Å². The number of hydrogen-bond donors (Lipinski definition) is 1. The summed E-state index contributed by atoms with van der Waals surface area (Å²) in [5, 5.41) is 8.03. The van der Waals surface area contributed by atoms with E-state index in [2.05, 4.69) is 42.6 Å². The molecule has 2 aromatic rings. The second-order valence-electron chi connectivity index (χ2n) is 5.64. The number of nitrogens with zero attached hydrogens (tertiary/aromatic N) is 2. The second-order valence-corrected chi connectivity index (χ2v) is 5.64. The van der Waals surface area contributed by atoms with Crippen molar-refractivity contribution in [3.63, 3.8) is 0 Å². The topological polar surface area (TPSA) is 39.1 Å². The van der Waals surface area contributed by atoms with Crippen LogP contribution in [0.15, 0.2) is 30.5 Å². The average molecular weight is 287 g/mol.